The molecule has 4 heteroatoms. The Labute approximate surface area is 109 Å². The maximum atomic E-state index is 9.72. The van der Waals surface area contributed by atoms with E-state index in [-0.39, 0.29) is 6.04 Å². The summed E-state index contributed by atoms with van der Waals surface area (Å²) in [5, 5.41) is 12.9. The van der Waals surface area contributed by atoms with Crippen molar-refractivity contribution in [2.75, 3.05) is 26.9 Å². The zero-order chi connectivity index (χ0) is 13.2. The van der Waals surface area contributed by atoms with Crippen LogP contribution in [0, 0.1) is 0 Å². The summed E-state index contributed by atoms with van der Waals surface area (Å²) in [5.41, 5.74) is 1.12. The molecule has 0 aliphatic carbocycles. The van der Waals surface area contributed by atoms with Gasteiger partial charge in [-0.2, -0.15) is 0 Å². The number of hydrogen-bond acceptors (Lipinski definition) is 4. The van der Waals surface area contributed by atoms with E-state index in [0.29, 0.717) is 26.4 Å². The van der Waals surface area contributed by atoms with Gasteiger partial charge >= 0.3 is 0 Å². The van der Waals surface area contributed by atoms with Gasteiger partial charge in [-0.3, -0.25) is 0 Å². The summed E-state index contributed by atoms with van der Waals surface area (Å²) in [4.78, 5) is 0. The van der Waals surface area contributed by atoms with Crippen LogP contribution in [0.15, 0.2) is 30.3 Å². The van der Waals surface area contributed by atoms with Crippen molar-refractivity contribution in [3.8, 4) is 0 Å². The van der Waals surface area contributed by atoms with Gasteiger partial charge in [0.1, 0.15) is 0 Å². The SMILES string of the molecule is COCC(C)NCC(O)COCc1ccccc1. The van der Waals surface area contributed by atoms with Gasteiger partial charge < -0.3 is 19.9 Å². The van der Waals surface area contributed by atoms with Gasteiger partial charge in [-0.25, -0.2) is 0 Å². The maximum absolute atomic E-state index is 9.72. The molecular weight excluding hydrogens is 230 g/mol. The summed E-state index contributed by atoms with van der Waals surface area (Å²) in [6.45, 7) is 4.03. The molecule has 1 rings (SSSR count). The number of rotatable bonds is 9. The van der Waals surface area contributed by atoms with E-state index in [9.17, 15) is 5.11 Å². The highest BCUT2D eigenvalue weighted by Crippen LogP contribution is 2.00. The second kappa shape index (κ2) is 9.05. The standard InChI is InChI=1S/C14H23NO3/c1-12(9-17-2)15-8-14(16)11-18-10-13-6-4-3-5-7-13/h3-7,12,14-16H,8-11H2,1-2H3. The number of hydrogen-bond donors (Lipinski definition) is 2. The zero-order valence-corrected chi connectivity index (χ0v) is 11.1. The second-order valence-corrected chi connectivity index (χ2v) is 4.42. The Bertz CT molecular complexity index is 305. The topological polar surface area (TPSA) is 50.7 Å². The van der Waals surface area contributed by atoms with Crippen molar-refractivity contribution in [3.63, 3.8) is 0 Å². The van der Waals surface area contributed by atoms with Crippen LogP contribution in [0.3, 0.4) is 0 Å². The normalized spacial score (nSPS) is 14.4. The van der Waals surface area contributed by atoms with Crippen LogP contribution >= 0.6 is 0 Å². The zero-order valence-electron chi connectivity index (χ0n) is 11.1. The molecule has 0 fully saturated rings. The summed E-state index contributed by atoms with van der Waals surface area (Å²) in [6.07, 6.45) is -0.493. The predicted molar refractivity (Wildman–Crippen MR) is 71.4 cm³/mol. The van der Waals surface area contributed by atoms with Crippen molar-refractivity contribution in [2.45, 2.75) is 25.7 Å². The average Bonchev–Trinajstić information content (AvgIpc) is 2.38. The summed E-state index contributed by atoms with van der Waals surface area (Å²) in [7, 11) is 1.66. The Morgan fingerprint density at radius 1 is 1.22 bits per heavy atom. The van der Waals surface area contributed by atoms with Gasteiger partial charge in [0, 0.05) is 19.7 Å². The fourth-order valence-corrected chi connectivity index (χ4v) is 1.59. The number of ether oxygens (including phenoxy) is 2. The molecule has 102 valence electrons. The monoisotopic (exact) mass is 253 g/mol. The molecule has 2 N–H and O–H groups in total. The molecule has 0 saturated carbocycles. The lowest BCUT2D eigenvalue weighted by atomic mass is 10.2. The number of aliphatic hydroxyl groups excluding tert-OH is 1. The number of nitrogens with one attached hydrogen (secondary N) is 1. The van der Waals surface area contributed by atoms with E-state index >= 15 is 0 Å². The minimum atomic E-state index is -0.493. The van der Waals surface area contributed by atoms with Crippen LogP contribution in [0.1, 0.15) is 12.5 Å². The smallest absolute Gasteiger partial charge is 0.0897 e. The molecule has 18 heavy (non-hydrogen) atoms. The Kier molecular flexibility index (Phi) is 7.60. The van der Waals surface area contributed by atoms with Crippen LogP contribution in [0.2, 0.25) is 0 Å². The van der Waals surface area contributed by atoms with Gasteiger partial charge in [0.25, 0.3) is 0 Å². The average molecular weight is 253 g/mol. The van der Waals surface area contributed by atoms with Gasteiger partial charge in [0.2, 0.25) is 0 Å². The number of methoxy groups -OCH3 is 1. The van der Waals surface area contributed by atoms with E-state index in [1.165, 1.54) is 0 Å². The van der Waals surface area contributed by atoms with Crippen molar-refractivity contribution in [2.24, 2.45) is 0 Å². The minimum Gasteiger partial charge on any atom is -0.389 e. The van der Waals surface area contributed by atoms with Crippen molar-refractivity contribution >= 4 is 0 Å². The van der Waals surface area contributed by atoms with Crippen LogP contribution in [-0.2, 0) is 16.1 Å². The van der Waals surface area contributed by atoms with Crippen molar-refractivity contribution in [1.29, 1.82) is 0 Å². The molecule has 2 unspecified atom stereocenters. The fraction of sp³-hybridized carbons (Fsp3) is 0.571. The van der Waals surface area contributed by atoms with Gasteiger partial charge in [0.15, 0.2) is 0 Å². The number of benzene rings is 1. The third-order valence-corrected chi connectivity index (χ3v) is 2.54. The first-order valence-corrected chi connectivity index (χ1v) is 6.24. The van der Waals surface area contributed by atoms with Crippen LogP contribution in [0.4, 0.5) is 0 Å². The van der Waals surface area contributed by atoms with Gasteiger partial charge in [-0.05, 0) is 12.5 Å². The second-order valence-electron chi connectivity index (χ2n) is 4.42. The molecule has 2 atom stereocenters. The highest BCUT2D eigenvalue weighted by atomic mass is 16.5. The molecule has 0 aliphatic rings. The molecule has 0 amide bonds. The Balaban J connectivity index is 2.08. The number of aliphatic hydroxyl groups is 1. The third-order valence-electron chi connectivity index (χ3n) is 2.54. The quantitative estimate of drug-likeness (QED) is 0.694. The molecule has 0 aromatic heterocycles. The summed E-state index contributed by atoms with van der Waals surface area (Å²) < 4.78 is 10.5. The highest BCUT2D eigenvalue weighted by Gasteiger charge is 2.07. The molecular formula is C14H23NO3. The lowest BCUT2D eigenvalue weighted by molar-refractivity contribution is 0.0264. The first kappa shape index (κ1) is 15.1. The first-order valence-electron chi connectivity index (χ1n) is 6.24. The van der Waals surface area contributed by atoms with Crippen LogP contribution in [0.5, 0.6) is 0 Å². The molecule has 0 radical (unpaired) electrons. The molecule has 0 saturated heterocycles. The van der Waals surface area contributed by atoms with E-state index in [2.05, 4.69) is 5.32 Å². The Hall–Kier alpha value is -0.940. The highest BCUT2D eigenvalue weighted by molar-refractivity contribution is 5.13. The Morgan fingerprint density at radius 3 is 2.61 bits per heavy atom. The Morgan fingerprint density at radius 2 is 1.94 bits per heavy atom. The molecule has 0 spiro atoms. The molecule has 0 aliphatic heterocycles. The van der Waals surface area contributed by atoms with Crippen molar-refractivity contribution in [3.05, 3.63) is 35.9 Å². The first-order chi connectivity index (χ1) is 8.72. The third kappa shape index (κ3) is 6.71. The van der Waals surface area contributed by atoms with Gasteiger partial charge in [-0.1, -0.05) is 30.3 Å². The van der Waals surface area contributed by atoms with Gasteiger partial charge in [-0.15, -0.1) is 0 Å². The van der Waals surface area contributed by atoms with Crippen LogP contribution < -0.4 is 5.32 Å². The van der Waals surface area contributed by atoms with Crippen molar-refractivity contribution < 1.29 is 14.6 Å². The molecule has 1 aromatic carbocycles. The van der Waals surface area contributed by atoms with E-state index in [1.54, 1.807) is 7.11 Å². The largest absolute Gasteiger partial charge is 0.389 e. The predicted octanol–water partition coefficient (Wildman–Crippen LogP) is 1.19. The van der Waals surface area contributed by atoms with E-state index < -0.39 is 6.10 Å². The lowest BCUT2D eigenvalue weighted by Crippen LogP contribution is -2.38. The molecule has 1 aromatic rings. The van der Waals surface area contributed by atoms with Gasteiger partial charge in [0.05, 0.1) is 25.9 Å². The van der Waals surface area contributed by atoms with Crippen LogP contribution in [0.25, 0.3) is 0 Å². The minimum absolute atomic E-state index is 0.235. The lowest BCUT2D eigenvalue weighted by Gasteiger charge is -2.16. The van der Waals surface area contributed by atoms with E-state index in [4.69, 9.17) is 9.47 Å². The van der Waals surface area contributed by atoms with Crippen molar-refractivity contribution in [1.82, 2.24) is 5.32 Å². The van der Waals surface area contributed by atoms with E-state index in [0.717, 1.165) is 5.56 Å². The summed E-state index contributed by atoms with van der Waals surface area (Å²) >= 11 is 0. The molecule has 0 bridgehead atoms. The molecule has 0 heterocycles. The molecule has 4 nitrogen and oxygen atoms in total. The van der Waals surface area contributed by atoms with Crippen LogP contribution in [-0.4, -0.2) is 44.1 Å². The van der Waals surface area contributed by atoms with E-state index in [1.807, 2.05) is 37.3 Å². The fourth-order valence-electron chi connectivity index (χ4n) is 1.59. The summed E-state index contributed by atoms with van der Waals surface area (Å²) in [6, 6.07) is 10.2. The maximum Gasteiger partial charge on any atom is 0.0897 e. The summed E-state index contributed by atoms with van der Waals surface area (Å²) in [5.74, 6) is 0.